The number of methoxy groups -OCH3 is 1. The zero-order valence-electron chi connectivity index (χ0n) is 8.20. The van der Waals surface area contributed by atoms with Crippen molar-refractivity contribution in [1.29, 1.82) is 0 Å². The highest BCUT2D eigenvalue weighted by molar-refractivity contribution is 9.10. The Hall–Kier alpha value is -0.950. The Bertz CT molecular complexity index is 491. The smallest absolute Gasteiger partial charge is 0.339 e. The summed E-state index contributed by atoms with van der Waals surface area (Å²) in [6, 6.07) is 2.21. The molecule has 1 rings (SSSR count). The molecule has 0 aliphatic carbocycles. The number of halogens is 2. The normalized spacial score (nSPS) is 10.5. The SMILES string of the molecule is COC(=O)c1cc(C[SH](=O)=O)c(F)cc1Br. The van der Waals surface area contributed by atoms with E-state index in [1.165, 1.54) is 7.11 Å². The van der Waals surface area contributed by atoms with Gasteiger partial charge in [-0.15, -0.1) is 0 Å². The van der Waals surface area contributed by atoms with Crippen LogP contribution in [0.1, 0.15) is 15.9 Å². The minimum atomic E-state index is -2.75. The summed E-state index contributed by atoms with van der Waals surface area (Å²) in [7, 11) is -1.56. The molecule has 0 spiro atoms. The van der Waals surface area contributed by atoms with Gasteiger partial charge < -0.3 is 4.74 Å². The molecule has 0 saturated carbocycles. The van der Waals surface area contributed by atoms with Gasteiger partial charge in [-0.05, 0) is 28.1 Å². The van der Waals surface area contributed by atoms with Crippen LogP contribution in [0, 0.1) is 5.82 Å². The largest absolute Gasteiger partial charge is 0.465 e. The Morgan fingerprint density at radius 3 is 2.62 bits per heavy atom. The van der Waals surface area contributed by atoms with Crippen molar-refractivity contribution < 1.29 is 22.3 Å². The quantitative estimate of drug-likeness (QED) is 0.679. The first-order valence-electron chi connectivity index (χ1n) is 4.13. The number of carbonyl (C=O) groups is 1. The van der Waals surface area contributed by atoms with Gasteiger partial charge in [-0.3, -0.25) is 0 Å². The van der Waals surface area contributed by atoms with Crippen molar-refractivity contribution in [3.05, 3.63) is 33.5 Å². The number of carbonyl (C=O) groups excluding carboxylic acids is 1. The van der Waals surface area contributed by atoms with E-state index in [1.54, 1.807) is 0 Å². The van der Waals surface area contributed by atoms with Crippen LogP contribution < -0.4 is 0 Å². The molecule has 0 aliphatic heterocycles. The summed E-state index contributed by atoms with van der Waals surface area (Å²) >= 11 is 3.00. The van der Waals surface area contributed by atoms with E-state index in [9.17, 15) is 17.6 Å². The van der Waals surface area contributed by atoms with Gasteiger partial charge >= 0.3 is 5.97 Å². The standard InChI is InChI=1S/C9H8BrFO4S/c1-15-9(12)6-2-5(4-16(13)14)8(11)3-7(6)10/h2-3,16H,4H2,1H3. The van der Waals surface area contributed by atoms with E-state index in [-0.39, 0.29) is 15.6 Å². The van der Waals surface area contributed by atoms with Gasteiger partial charge in [-0.1, -0.05) is 0 Å². The van der Waals surface area contributed by atoms with E-state index in [4.69, 9.17) is 0 Å². The van der Waals surface area contributed by atoms with Crippen LogP contribution in [0.2, 0.25) is 0 Å². The number of esters is 1. The third kappa shape index (κ3) is 3.02. The van der Waals surface area contributed by atoms with E-state index in [0.29, 0.717) is 0 Å². The molecular weight excluding hydrogens is 303 g/mol. The fourth-order valence-corrected chi connectivity index (χ4v) is 2.12. The minimum absolute atomic E-state index is 0.0558. The highest BCUT2D eigenvalue weighted by Crippen LogP contribution is 2.22. The van der Waals surface area contributed by atoms with Crippen LogP contribution in [0.25, 0.3) is 0 Å². The van der Waals surface area contributed by atoms with E-state index in [0.717, 1.165) is 12.1 Å². The number of rotatable bonds is 3. The van der Waals surface area contributed by atoms with Gasteiger partial charge in [0, 0.05) is 10.0 Å². The van der Waals surface area contributed by atoms with Crippen LogP contribution in [-0.4, -0.2) is 21.5 Å². The van der Waals surface area contributed by atoms with Gasteiger partial charge in [0.05, 0.1) is 18.4 Å². The summed E-state index contributed by atoms with van der Waals surface area (Å²) in [5.74, 6) is -1.79. The van der Waals surface area contributed by atoms with Crippen LogP contribution in [-0.2, 0) is 21.2 Å². The molecule has 0 fully saturated rings. The van der Waals surface area contributed by atoms with E-state index >= 15 is 0 Å². The lowest BCUT2D eigenvalue weighted by Gasteiger charge is -2.05. The van der Waals surface area contributed by atoms with Gasteiger partial charge in [0.25, 0.3) is 0 Å². The topological polar surface area (TPSA) is 60.4 Å². The van der Waals surface area contributed by atoms with Crippen molar-refractivity contribution in [2.75, 3.05) is 7.11 Å². The molecule has 7 heteroatoms. The number of hydrogen-bond acceptors (Lipinski definition) is 4. The molecule has 0 aliphatic rings. The maximum absolute atomic E-state index is 13.3. The molecule has 1 aromatic rings. The molecule has 0 unspecified atom stereocenters. The maximum atomic E-state index is 13.3. The summed E-state index contributed by atoms with van der Waals surface area (Å²) < 4.78 is 39.0. The molecule has 0 atom stereocenters. The molecular formula is C9H8BrFO4S. The van der Waals surface area contributed by atoms with E-state index < -0.39 is 28.2 Å². The molecule has 0 saturated heterocycles. The molecule has 0 N–H and O–H groups in total. The highest BCUT2D eigenvalue weighted by Gasteiger charge is 2.15. The molecule has 0 heterocycles. The number of thiol groups is 1. The first-order valence-corrected chi connectivity index (χ1v) is 6.29. The summed E-state index contributed by atoms with van der Waals surface area (Å²) in [4.78, 5) is 11.3. The fourth-order valence-electron chi connectivity index (χ4n) is 1.12. The monoisotopic (exact) mass is 310 g/mol. The second kappa shape index (κ2) is 5.40. The lowest BCUT2D eigenvalue weighted by Crippen LogP contribution is -2.05. The summed E-state index contributed by atoms with van der Waals surface area (Å²) in [5, 5.41) is 0. The van der Waals surface area contributed by atoms with Crippen molar-refractivity contribution in [3.63, 3.8) is 0 Å². The second-order valence-electron chi connectivity index (χ2n) is 2.91. The third-order valence-electron chi connectivity index (χ3n) is 1.84. The highest BCUT2D eigenvalue weighted by atomic mass is 79.9. The molecule has 0 aromatic heterocycles. The molecule has 16 heavy (non-hydrogen) atoms. The molecule has 0 amide bonds. The van der Waals surface area contributed by atoms with Gasteiger partial charge in [-0.2, -0.15) is 0 Å². The Morgan fingerprint density at radius 2 is 2.12 bits per heavy atom. The van der Waals surface area contributed by atoms with E-state index in [1.807, 2.05) is 0 Å². The predicted octanol–water partition coefficient (Wildman–Crippen LogP) is 1.49. The molecule has 0 radical (unpaired) electrons. The summed E-state index contributed by atoms with van der Waals surface area (Å²) in [5.41, 5.74) is 0.0375. The Kier molecular flexibility index (Phi) is 4.43. The zero-order valence-corrected chi connectivity index (χ0v) is 10.7. The van der Waals surface area contributed by atoms with Gasteiger partial charge in [0.15, 0.2) is 0 Å². The van der Waals surface area contributed by atoms with Gasteiger partial charge in [0.2, 0.25) is 0 Å². The molecule has 1 aromatic carbocycles. The first-order chi connectivity index (χ1) is 7.45. The summed E-state index contributed by atoms with van der Waals surface area (Å²) in [6.45, 7) is 0. The second-order valence-corrected chi connectivity index (χ2v) is 4.74. The number of hydrogen-bond donors (Lipinski definition) is 1. The first kappa shape index (κ1) is 13.1. The van der Waals surface area contributed by atoms with Crippen molar-refractivity contribution in [2.45, 2.75) is 5.75 Å². The Labute approximate surface area is 101 Å². The predicted molar refractivity (Wildman–Crippen MR) is 59.5 cm³/mol. The van der Waals surface area contributed by atoms with Crippen LogP contribution in [0.4, 0.5) is 4.39 Å². The van der Waals surface area contributed by atoms with Crippen LogP contribution in [0.15, 0.2) is 16.6 Å². The minimum Gasteiger partial charge on any atom is -0.465 e. The zero-order chi connectivity index (χ0) is 12.3. The van der Waals surface area contributed by atoms with Crippen molar-refractivity contribution in [1.82, 2.24) is 0 Å². The summed E-state index contributed by atoms with van der Waals surface area (Å²) in [6.07, 6.45) is 0. The van der Waals surface area contributed by atoms with Crippen molar-refractivity contribution in [2.24, 2.45) is 0 Å². The van der Waals surface area contributed by atoms with Crippen molar-refractivity contribution in [3.8, 4) is 0 Å². The van der Waals surface area contributed by atoms with Crippen LogP contribution in [0.3, 0.4) is 0 Å². The number of benzene rings is 1. The third-order valence-corrected chi connectivity index (χ3v) is 3.10. The maximum Gasteiger partial charge on any atom is 0.339 e. The number of ether oxygens (including phenoxy) is 1. The Morgan fingerprint density at radius 1 is 1.50 bits per heavy atom. The molecule has 4 nitrogen and oxygen atoms in total. The van der Waals surface area contributed by atoms with Crippen LogP contribution >= 0.6 is 15.9 Å². The lowest BCUT2D eigenvalue weighted by atomic mass is 10.1. The Balaban J connectivity index is 3.26. The molecule has 88 valence electrons. The van der Waals surface area contributed by atoms with Gasteiger partial charge in [0.1, 0.15) is 16.5 Å². The van der Waals surface area contributed by atoms with Crippen LogP contribution in [0.5, 0.6) is 0 Å². The van der Waals surface area contributed by atoms with Crippen molar-refractivity contribution >= 4 is 32.6 Å². The lowest BCUT2D eigenvalue weighted by molar-refractivity contribution is 0.0599. The van der Waals surface area contributed by atoms with E-state index in [2.05, 4.69) is 20.7 Å². The fraction of sp³-hybridized carbons (Fsp3) is 0.222. The molecule has 0 bridgehead atoms. The van der Waals surface area contributed by atoms with Gasteiger partial charge in [-0.25, -0.2) is 17.6 Å². The average Bonchev–Trinajstić information content (AvgIpc) is 2.20. The average molecular weight is 311 g/mol.